The van der Waals surface area contributed by atoms with E-state index in [0.717, 1.165) is 6.42 Å². The van der Waals surface area contributed by atoms with Crippen molar-refractivity contribution < 1.29 is 4.57 Å². The maximum Gasteiger partial charge on any atom is 0.0844 e. The molecule has 3 rings (SSSR count). The standard InChI is InChI=1S/C23H32OP2/c1-18(21-16-11-17-22(21)26(24)23(2,3)4)25(19-12-7-5-8-13-19)20-14-9-6-10-15-20/h5-10,12-15,18,21-22,26H,11,16-17H2,1-4H3/t18-,21?,22?/m1/s1. The van der Waals surface area contributed by atoms with Crippen LogP contribution >= 0.6 is 15.7 Å². The van der Waals surface area contributed by atoms with Crippen molar-refractivity contribution in [3.05, 3.63) is 60.7 Å². The molecule has 1 nitrogen and oxygen atoms in total. The third-order valence-corrected chi connectivity index (χ3v) is 11.5. The zero-order valence-corrected chi connectivity index (χ0v) is 18.4. The molecule has 0 aromatic heterocycles. The molecule has 1 saturated carbocycles. The minimum atomic E-state index is -1.61. The minimum Gasteiger partial charge on any atom is -0.326 e. The van der Waals surface area contributed by atoms with Crippen LogP contribution in [0.1, 0.15) is 47.0 Å². The summed E-state index contributed by atoms with van der Waals surface area (Å²) < 4.78 is 13.3. The van der Waals surface area contributed by atoms with Crippen LogP contribution in [0.3, 0.4) is 0 Å². The first kappa shape index (κ1) is 19.9. The van der Waals surface area contributed by atoms with Crippen molar-refractivity contribution in [3.8, 4) is 0 Å². The number of rotatable bonds is 5. The van der Waals surface area contributed by atoms with Crippen molar-refractivity contribution >= 4 is 26.3 Å². The summed E-state index contributed by atoms with van der Waals surface area (Å²) in [6, 6.07) is 22.0. The third-order valence-electron chi connectivity index (χ3n) is 5.74. The Bertz CT molecular complexity index is 681. The van der Waals surface area contributed by atoms with Gasteiger partial charge in [-0.25, -0.2) is 0 Å². The first-order valence-electron chi connectivity index (χ1n) is 9.83. The fourth-order valence-electron chi connectivity index (χ4n) is 4.44. The lowest BCUT2D eigenvalue weighted by Gasteiger charge is -2.35. The Morgan fingerprint density at radius 1 is 0.923 bits per heavy atom. The summed E-state index contributed by atoms with van der Waals surface area (Å²) in [5.41, 5.74) is 0.964. The van der Waals surface area contributed by atoms with E-state index in [9.17, 15) is 4.57 Å². The fourth-order valence-corrected chi connectivity index (χ4v) is 9.99. The summed E-state index contributed by atoms with van der Waals surface area (Å²) in [6.07, 6.45) is 3.62. The number of benzene rings is 2. The predicted octanol–water partition coefficient (Wildman–Crippen LogP) is 6.03. The summed E-state index contributed by atoms with van der Waals surface area (Å²) in [7, 11) is -2.04. The summed E-state index contributed by atoms with van der Waals surface area (Å²) in [5, 5.41) is 2.84. The molecule has 0 bridgehead atoms. The van der Waals surface area contributed by atoms with Crippen molar-refractivity contribution in [1.82, 2.24) is 0 Å². The summed E-state index contributed by atoms with van der Waals surface area (Å²) in [6.45, 7) is 8.90. The quantitative estimate of drug-likeness (QED) is 0.573. The molecule has 1 fully saturated rings. The molecule has 4 atom stereocenters. The Hall–Kier alpha value is -0.900. The average Bonchev–Trinajstić information content (AvgIpc) is 3.12. The zero-order chi connectivity index (χ0) is 18.7. The summed E-state index contributed by atoms with van der Waals surface area (Å²) >= 11 is 0. The van der Waals surface area contributed by atoms with Crippen LogP contribution in [0.15, 0.2) is 60.7 Å². The number of hydrogen-bond acceptors (Lipinski definition) is 1. The maximum absolute atomic E-state index is 13.3. The van der Waals surface area contributed by atoms with E-state index in [1.54, 1.807) is 0 Å². The lowest BCUT2D eigenvalue weighted by molar-refractivity contribution is 0.504. The molecule has 0 spiro atoms. The largest absolute Gasteiger partial charge is 0.326 e. The van der Waals surface area contributed by atoms with E-state index >= 15 is 0 Å². The molecule has 0 heterocycles. The van der Waals surface area contributed by atoms with Gasteiger partial charge in [-0.15, -0.1) is 0 Å². The second kappa shape index (κ2) is 8.41. The molecular weight excluding hydrogens is 354 g/mol. The normalized spacial score (nSPS) is 23.1. The molecular formula is C23H32OP2. The SMILES string of the molecule is C[C@H](C1CCCC1[P@H](=O)C(C)(C)C)P(c1ccccc1)c1ccccc1. The minimum absolute atomic E-state index is 0.0557. The monoisotopic (exact) mass is 386 g/mol. The Morgan fingerprint density at radius 2 is 1.42 bits per heavy atom. The molecule has 2 aromatic carbocycles. The molecule has 140 valence electrons. The summed E-state index contributed by atoms with van der Waals surface area (Å²) in [4.78, 5) is 0. The van der Waals surface area contributed by atoms with Gasteiger partial charge in [-0.1, -0.05) is 94.8 Å². The number of hydrogen-bond donors (Lipinski definition) is 0. The Balaban J connectivity index is 1.95. The van der Waals surface area contributed by atoms with E-state index in [2.05, 4.69) is 88.4 Å². The van der Waals surface area contributed by atoms with Crippen LogP contribution in [0.2, 0.25) is 0 Å². The van der Waals surface area contributed by atoms with Crippen LogP contribution in [-0.4, -0.2) is 16.5 Å². The van der Waals surface area contributed by atoms with E-state index in [1.807, 2.05) is 0 Å². The van der Waals surface area contributed by atoms with E-state index in [4.69, 9.17) is 0 Å². The molecule has 0 N–H and O–H groups in total. The van der Waals surface area contributed by atoms with Gasteiger partial charge < -0.3 is 4.57 Å². The van der Waals surface area contributed by atoms with Crippen LogP contribution < -0.4 is 10.6 Å². The molecule has 0 amide bonds. The molecule has 26 heavy (non-hydrogen) atoms. The van der Waals surface area contributed by atoms with Crippen LogP contribution in [0.25, 0.3) is 0 Å². The second-order valence-corrected chi connectivity index (χ2v) is 14.2. The third kappa shape index (κ3) is 4.32. The van der Waals surface area contributed by atoms with E-state index in [-0.39, 0.29) is 5.16 Å². The van der Waals surface area contributed by atoms with Crippen molar-refractivity contribution in [2.45, 2.75) is 63.4 Å². The van der Waals surface area contributed by atoms with Gasteiger partial charge in [0.05, 0.1) is 7.80 Å². The predicted molar refractivity (Wildman–Crippen MR) is 118 cm³/mol. The van der Waals surface area contributed by atoms with Crippen LogP contribution in [0.4, 0.5) is 0 Å². The van der Waals surface area contributed by atoms with E-state index in [0.29, 0.717) is 17.2 Å². The van der Waals surface area contributed by atoms with E-state index in [1.165, 1.54) is 23.5 Å². The van der Waals surface area contributed by atoms with Crippen molar-refractivity contribution in [2.24, 2.45) is 5.92 Å². The van der Waals surface area contributed by atoms with Gasteiger partial charge in [-0.3, -0.25) is 0 Å². The van der Waals surface area contributed by atoms with Gasteiger partial charge in [-0.05, 0) is 42.9 Å². The summed E-state index contributed by atoms with van der Waals surface area (Å²) in [5.74, 6) is 0.576. The lowest BCUT2D eigenvalue weighted by Crippen LogP contribution is -2.31. The second-order valence-electron chi connectivity index (χ2n) is 8.60. The van der Waals surface area contributed by atoms with Gasteiger partial charge in [-0.2, -0.15) is 0 Å². The first-order chi connectivity index (χ1) is 12.4. The first-order valence-corrected chi connectivity index (χ1v) is 12.7. The Kier molecular flexibility index (Phi) is 6.42. The fraction of sp³-hybridized carbons (Fsp3) is 0.478. The molecule has 3 heteroatoms. The molecule has 0 aliphatic heterocycles. The van der Waals surface area contributed by atoms with Gasteiger partial charge in [0.25, 0.3) is 0 Å². The van der Waals surface area contributed by atoms with Crippen molar-refractivity contribution in [1.29, 1.82) is 0 Å². The van der Waals surface area contributed by atoms with Crippen LogP contribution in [-0.2, 0) is 4.57 Å². The zero-order valence-electron chi connectivity index (χ0n) is 16.5. The average molecular weight is 386 g/mol. The Labute approximate surface area is 161 Å². The van der Waals surface area contributed by atoms with Crippen molar-refractivity contribution in [2.75, 3.05) is 0 Å². The highest BCUT2D eigenvalue weighted by atomic mass is 31.1. The molecule has 1 aliphatic carbocycles. The van der Waals surface area contributed by atoms with Gasteiger partial charge in [0.15, 0.2) is 0 Å². The van der Waals surface area contributed by atoms with Crippen molar-refractivity contribution in [3.63, 3.8) is 0 Å². The molecule has 0 radical (unpaired) electrons. The van der Waals surface area contributed by atoms with Gasteiger partial charge >= 0.3 is 0 Å². The molecule has 0 saturated heterocycles. The van der Waals surface area contributed by atoms with Gasteiger partial charge in [0.1, 0.15) is 0 Å². The molecule has 1 aliphatic rings. The highest BCUT2D eigenvalue weighted by molar-refractivity contribution is 7.73. The van der Waals surface area contributed by atoms with Gasteiger partial charge in [0.2, 0.25) is 0 Å². The van der Waals surface area contributed by atoms with E-state index < -0.39 is 15.7 Å². The molecule has 2 unspecified atom stereocenters. The topological polar surface area (TPSA) is 17.1 Å². The van der Waals surface area contributed by atoms with Crippen LogP contribution in [0, 0.1) is 5.92 Å². The lowest BCUT2D eigenvalue weighted by atomic mass is 10.0. The smallest absolute Gasteiger partial charge is 0.0844 e. The Morgan fingerprint density at radius 3 is 1.88 bits per heavy atom. The molecule has 2 aromatic rings. The van der Waals surface area contributed by atoms with Gasteiger partial charge in [0, 0.05) is 10.8 Å². The van der Waals surface area contributed by atoms with Crippen LogP contribution in [0.5, 0.6) is 0 Å². The highest BCUT2D eigenvalue weighted by Crippen LogP contribution is 2.56. The highest BCUT2D eigenvalue weighted by Gasteiger charge is 2.41. The maximum atomic E-state index is 13.3.